The van der Waals surface area contributed by atoms with E-state index in [2.05, 4.69) is 34.3 Å². The molecule has 1 fully saturated rings. The molecule has 41 heavy (non-hydrogen) atoms. The number of benzene rings is 3. The molecule has 9 nitrogen and oxygen atoms in total. The van der Waals surface area contributed by atoms with E-state index in [9.17, 15) is 4.79 Å². The zero-order valence-corrected chi connectivity index (χ0v) is 22.9. The number of nitrogens with zero attached hydrogens (tertiary/aromatic N) is 5. The molecule has 1 saturated heterocycles. The molecule has 0 bridgehead atoms. The number of carbonyl (C=O) groups excluding carboxylic acids is 1. The Kier molecular flexibility index (Phi) is 7.75. The van der Waals surface area contributed by atoms with Crippen molar-refractivity contribution in [1.82, 2.24) is 24.4 Å². The molecule has 5 aromatic rings. The van der Waals surface area contributed by atoms with Gasteiger partial charge in [-0.05, 0) is 49.1 Å². The second kappa shape index (κ2) is 12.1. The number of anilines is 1. The van der Waals surface area contributed by atoms with E-state index >= 15 is 0 Å². The van der Waals surface area contributed by atoms with Crippen molar-refractivity contribution in [3.05, 3.63) is 109 Å². The van der Waals surface area contributed by atoms with E-state index in [1.165, 1.54) is 0 Å². The number of ether oxygens (including phenoxy) is 2. The van der Waals surface area contributed by atoms with Crippen molar-refractivity contribution in [3.8, 4) is 11.6 Å². The molecule has 9 heteroatoms. The van der Waals surface area contributed by atoms with Crippen LogP contribution >= 0.6 is 0 Å². The van der Waals surface area contributed by atoms with Gasteiger partial charge in [-0.1, -0.05) is 60.7 Å². The van der Waals surface area contributed by atoms with Gasteiger partial charge in [-0.25, -0.2) is 14.8 Å². The number of likely N-dealkylation sites (tertiary alicyclic amines) is 1. The van der Waals surface area contributed by atoms with Crippen LogP contribution in [0.2, 0.25) is 0 Å². The lowest BCUT2D eigenvalue weighted by Crippen LogP contribution is -2.39. The fraction of sp³-hybridized carbons (Fsp3) is 0.250. The highest BCUT2D eigenvalue weighted by Crippen LogP contribution is 2.25. The monoisotopic (exact) mass is 548 g/mol. The third-order valence-corrected chi connectivity index (χ3v) is 7.31. The molecule has 1 amide bonds. The molecule has 2 atom stereocenters. The maximum atomic E-state index is 12.7. The van der Waals surface area contributed by atoms with Crippen LogP contribution in [0.3, 0.4) is 0 Å². The van der Waals surface area contributed by atoms with Crippen molar-refractivity contribution in [2.75, 3.05) is 18.5 Å². The van der Waals surface area contributed by atoms with Gasteiger partial charge in [-0.15, -0.1) is 0 Å². The van der Waals surface area contributed by atoms with E-state index in [1.807, 2.05) is 77.4 Å². The number of aromatic nitrogens is 4. The van der Waals surface area contributed by atoms with E-state index in [0.29, 0.717) is 24.8 Å². The highest BCUT2D eigenvalue weighted by molar-refractivity contribution is 5.78. The highest BCUT2D eigenvalue weighted by Gasteiger charge is 2.30. The van der Waals surface area contributed by atoms with Gasteiger partial charge in [0.25, 0.3) is 0 Å². The Morgan fingerprint density at radius 3 is 2.66 bits per heavy atom. The summed E-state index contributed by atoms with van der Waals surface area (Å²) in [5.74, 6) is 1.97. The summed E-state index contributed by atoms with van der Waals surface area (Å²) in [5.41, 5.74) is 3.83. The molecule has 3 aromatic carbocycles. The van der Waals surface area contributed by atoms with Crippen LogP contribution in [0, 0.1) is 0 Å². The minimum atomic E-state index is -0.300. The van der Waals surface area contributed by atoms with Crippen LogP contribution < -0.4 is 10.1 Å². The molecular formula is C32H32N6O3. The number of amides is 1. The zero-order chi connectivity index (χ0) is 28.0. The van der Waals surface area contributed by atoms with Crippen molar-refractivity contribution in [2.24, 2.45) is 0 Å². The number of hydrogen-bond acceptors (Lipinski definition) is 7. The van der Waals surface area contributed by atoms with Crippen LogP contribution in [-0.4, -0.2) is 49.7 Å². The zero-order valence-electron chi connectivity index (χ0n) is 22.9. The second-order valence-electron chi connectivity index (χ2n) is 10.1. The fourth-order valence-electron chi connectivity index (χ4n) is 5.08. The van der Waals surface area contributed by atoms with Crippen molar-refractivity contribution in [2.45, 2.75) is 38.5 Å². The number of rotatable bonds is 9. The van der Waals surface area contributed by atoms with Crippen LogP contribution in [0.15, 0.2) is 97.5 Å². The molecule has 208 valence electrons. The van der Waals surface area contributed by atoms with Gasteiger partial charge in [0.1, 0.15) is 31.1 Å². The quantitative estimate of drug-likeness (QED) is 0.235. The van der Waals surface area contributed by atoms with Crippen LogP contribution in [0.5, 0.6) is 5.75 Å². The normalized spacial score (nSPS) is 15.5. The van der Waals surface area contributed by atoms with Gasteiger partial charge in [0.15, 0.2) is 0 Å². The summed E-state index contributed by atoms with van der Waals surface area (Å²) in [6.07, 6.45) is 5.00. The fourth-order valence-corrected chi connectivity index (χ4v) is 5.08. The average Bonchev–Trinajstić information content (AvgIpc) is 3.67. The molecule has 0 aliphatic carbocycles. The summed E-state index contributed by atoms with van der Waals surface area (Å²) in [6.45, 7) is 3.41. The third kappa shape index (κ3) is 6.14. The molecule has 6 rings (SSSR count). The molecule has 2 unspecified atom stereocenters. The average molecular weight is 549 g/mol. The van der Waals surface area contributed by atoms with Gasteiger partial charge in [0, 0.05) is 18.8 Å². The van der Waals surface area contributed by atoms with Crippen LogP contribution in [0.4, 0.5) is 10.7 Å². The molecule has 1 N–H and O–H groups in total. The van der Waals surface area contributed by atoms with Crippen LogP contribution in [0.25, 0.3) is 16.9 Å². The van der Waals surface area contributed by atoms with Crippen LogP contribution in [-0.2, 0) is 11.3 Å². The predicted molar refractivity (Wildman–Crippen MR) is 157 cm³/mol. The lowest BCUT2D eigenvalue weighted by Gasteiger charge is -2.24. The van der Waals surface area contributed by atoms with Gasteiger partial charge in [-0.3, -0.25) is 4.57 Å². The van der Waals surface area contributed by atoms with Crippen molar-refractivity contribution in [3.63, 3.8) is 0 Å². The Balaban J connectivity index is 1.09. The van der Waals surface area contributed by atoms with Crippen molar-refractivity contribution < 1.29 is 14.3 Å². The number of fused-ring (bicyclic) bond motifs is 1. The lowest BCUT2D eigenvalue weighted by atomic mass is 10.1. The maximum absolute atomic E-state index is 12.7. The van der Waals surface area contributed by atoms with Gasteiger partial charge >= 0.3 is 6.09 Å². The predicted octanol–water partition coefficient (Wildman–Crippen LogP) is 6.17. The first-order chi connectivity index (χ1) is 20.1. The first-order valence-corrected chi connectivity index (χ1v) is 13.9. The van der Waals surface area contributed by atoms with Crippen LogP contribution in [0.1, 0.15) is 36.9 Å². The number of nitrogens with one attached hydrogen (secondary N) is 1. The summed E-state index contributed by atoms with van der Waals surface area (Å²) in [7, 11) is 0. The molecule has 0 saturated carbocycles. The third-order valence-electron chi connectivity index (χ3n) is 7.31. The van der Waals surface area contributed by atoms with E-state index in [1.54, 1.807) is 17.4 Å². The molecule has 0 radical (unpaired) electrons. The minimum absolute atomic E-state index is 0.0308. The SMILES string of the molecule is CC(Nc1nccc(-n2cnc3cc(OCC4CCCN4C(=O)OCc4ccccc4)ccc32)n1)c1ccccc1. The summed E-state index contributed by atoms with van der Waals surface area (Å²) in [5, 5.41) is 3.38. The summed E-state index contributed by atoms with van der Waals surface area (Å²) >= 11 is 0. The van der Waals surface area contributed by atoms with E-state index in [4.69, 9.17) is 14.5 Å². The topological polar surface area (TPSA) is 94.4 Å². The molecule has 3 heterocycles. The van der Waals surface area contributed by atoms with Gasteiger partial charge < -0.3 is 19.7 Å². The van der Waals surface area contributed by atoms with Gasteiger partial charge in [-0.2, -0.15) is 4.98 Å². The standard InChI is InChI=1S/C32H32N6O3/c1-23(25-11-6-3-7-12-25)35-31-33-17-16-30(36-31)38-22-34-28-19-27(14-15-29(28)38)40-21-26-13-8-18-37(26)32(39)41-20-24-9-4-2-5-10-24/h2-7,9-12,14-17,19,22-23,26H,8,13,18,20-21H2,1H3,(H,33,35,36). The van der Waals surface area contributed by atoms with Crippen molar-refractivity contribution in [1.29, 1.82) is 0 Å². The Labute approximate surface area is 238 Å². The summed E-state index contributed by atoms with van der Waals surface area (Å²) in [6, 6.07) is 27.6. The van der Waals surface area contributed by atoms with Gasteiger partial charge in [0.05, 0.1) is 23.1 Å². The molecular weight excluding hydrogens is 516 g/mol. The molecule has 1 aliphatic heterocycles. The first kappa shape index (κ1) is 26.3. The number of hydrogen-bond donors (Lipinski definition) is 1. The maximum Gasteiger partial charge on any atom is 0.410 e. The van der Waals surface area contributed by atoms with Gasteiger partial charge in [0.2, 0.25) is 5.95 Å². The summed E-state index contributed by atoms with van der Waals surface area (Å²) < 4.78 is 13.6. The highest BCUT2D eigenvalue weighted by atomic mass is 16.6. The Morgan fingerprint density at radius 2 is 1.83 bits per heavy atom. The Morgan fingerprint density at radius 1 is 1.02 bits per heavy atom. The first-order valence-electron chi connectivity index (χ1n) is 13.9. The molecule has 1 aliphatic rings. The number of imidazole rings is 1. The van der Waals surface area contributed by atoms with E-state index < -0.39 is 0 Å². The largest absolute Gasteiger partial charge is 0.491 e. The van der Waals surface area contributed by atoms with Crippen molar-refractivity contribution >= 4 is 23.1 Å². The minimum Gasteiger partial charge on any atom is -0.491 e. The van der Waals surface area contributed by atoms with E-state index in [-0.39, 0.29) is 24.8 Å². The summed E-state index contributed by atoms with van der Waals surface area (Å²) in [4.78, 5) is 28.2. The lowest BCUT2D eigenvalue weighted by molar-refractivity contribution is 0.0824. The Bertz CT molecular complexity index is 1610. The Hall–Kier alpha value is -4.92. The van der Waals surface area contributed by atoms with E-state index in [0.717, 1.165) is 40.8 Å². The number of carbonyl (C=O) groups is 1. The molecule has 2 aromatic heterocycles. The smallest absolute Gasteiger partial charge is 0.410 e. The molecule has 0 spiro atoms. The second-order valence-corrected chi connectivity index (χ2v) is 10.1.